The molecule has 0 bridgehead atoms. The molecular weight excluding hydrogens is 420 g/mol. The van der Waals surface area contributed by atoms with Crippen molar-refractivity contribution in [2.75, 3.05) is 26.7 Å². The summed E-state index contributed by atoms with van der Waals surface area (Å²) >= 11 is 0. The lowest BCUT2D eigenvalue weighted by molar-refractivity contribution is 0.100. The number of aromatic amines is 1. The van der Waals surface area contributed by atoms with E-state index in [-0.39, 0.29) is 0 Å². The van der Waals surface area contributed by atoms with Gasteiger partial charge in [-0.15, -0.1) is 0 Å². The van der Waals surface area contributed by atoms with Crippen molar-refractivity contribution in [1.82, 2.24) is 39.6 Å². The van der Waals surface area contributed by atoms with Crippen molar-refractivity contribution in [3.05, 3.63) is 35.7 Å². The first-order chi connectivity index (χ1) is 15.9. The molecule has 33 heavy (non-hydrogen) atoms. The molecule has 3 N–H and O–H groups in total. The second kappa shape index (κ2) is 9.33. The highest BCUT2D eigenvalue weighted by Crippen LogP contribution is 2.29. The maximum atomic E-state index is 12.1. The highest BCUT2D eigenvalue weighted by molar-refractivity contribution is 6.02. The van der Waals surface area contributed by atoms with Crippen LogP contribution in [0.25, 0.3) is 33.8 Å². The van der Waals surface area contributed by atoms with Gasteiger partial charge in [0.05, 0.1) is 30.5 Å². The molecule has 0 fully saturated rings. The predicted molar refractivity (Wildman–Crippen MR) is 127 cm³/mol. The van der Waals surface area contributed by atoms with Gasteiger partial charge in [-0.25, -0.2) is 4.98 Å². The Morgan fingerprint density at radius 1 is 1.27 bits per heavy atom. The molecule has 0 aliphatic carbocycles. The molecule has 1 aromatic carbocycles. The molecule has 0 radical (unpaired) electrons. The molecule has 3 heterocycles. The van der Waals surface area contributed by atoms with Crippen LogP contribution < -0.4 is 5.73 Å². The lowest BCUT2D eigenvalue weighted by atomic mass is 10.0. The van der Waals surface area contributed by atoms with Crippen molar-refractivity contribution in [2.24, 2.45) is 10.7 Å². The van der Waals surface area contributed by atoms with Crippen LogP contribution >= 0.6 is 0 Å². The molecule has 4 rings (SSSR count). The fourth-order valence-corrected chi connectivity index (χ4v) is 3.77. The fraction of sp³-hybridized carbons (Fsp3) is 0.364. The summed E-state index contributed by atoms with van der Waals surface area (Å²) in [5, 5.41) is 17.3. The number of nitrogens with zero attached hydrogens (tertiary/aromatic N) is 8. The van der Waals surface area contributed by atoms with Crippen molar-refractivity contribution in [1.29, 1.82) is 0 Å². The summed E-state index contributed by atoms with van der Waals surface area (Å²) in [5.41, 5.74) is 9.26. The van der Waals surface area contributed by atoms with Crippen LogP contribution in [0.15, 0.2) is 29.4 Å². The number of H-pyrrole nitrogens is 1. The van der Waals surface area contributed by atoms with E-state index < -0.39 is 5.91 Å². The number of nitrogens with one attached hydrogen (secondary N) is 1. The van der Waals surface area contributed by atoms with Gasteiger partial charge in [0.1, 0.15) is 5.69 Å². The number of carbonyl (C=O) groups excluding carboxylic acids is 1. The van der Waals surface area contributed by atoms with Crippen molar-refractivity contribution in [2.45, 2.75) is 26.9 Å². The molecule has 4 aromatic rings. The Morgan fingerprint density at radius 2 is 2.09 bits per heavy atom. The lowest BCUT2D eigenvalue weighted by Gasteiger charge is -2.15. The third kappa shape index (κ3) is 4.53. The number of likely N-dealkylation sites (N-methyl/N-ethyl adjacent to an activating group) is 1. The molecule has 3 aromatic heterocycles. The van der Waals surface area contributed by atoms with Gasteiger partial charge in [0, 0.05) is 36.1 Å². The van der Waals surface area contributed by atoms with Gasteiger partial charge in [-0.3, -0.25) is 24.2 Å². The Labute approximate surface area is 191 Å². The second-order valence-corrected chi connectivity index (χ2v) is 7.93. The number of aromatic nitrogens is 7. The minimum atomic E-state index is -0.518. The number of primary amides is 1. The number of fused-ring (bicyclic) bond motifs is 1. The van der Waals surface area contributed by atoms with Crippen LogP contribution in [0.3, 0.4) is 0 Å². The number of hydrogen-bond acceptors (Lipinski definition) is 7. The quantitative estimate of drug-likeness (QED) is 0.355. The van der Waals surface area contributed by atoms with Crippen LogP contribution in [0.4, 0.5) is 0 Å². The van der Waals surface area contributed by atoms with E-state index in [9.17, 15) is 4.79 Å². The summed E-state index contributed by atoms with van der Waals surface area (Å²) < 4.78 is 3.73. The molecule has 11 heteroatoms. The van der Waals surface area contributed by atoms with Gasteiger partial charge < -0.3 is 10.6 Å². The number of carbonyl (C=O) groups is 1. The SMILES string of the molecule is C=NCCN(C)CCn1ncc2c(-c3n[nH]c(-c4cc(C)nn4CC)n3)cc(C(N)=O)cc21. The number of hydrogen-bond donors (Lipinski definition) is 2. The average molecular weight is 449 g/mol. The zero-order valence-corrected chi connectivity index (χ0v) is 19.1. The Hall–Kier alpha value is -3.86. The molecule has 0 spiro atoms. The van der Waals surface area contributed by atoms with Gasteiger partial charge in [-0.1, -0.05) is 0 Å². The highest BCUT2D eigenvalue weighted by Gasteiger charge is 2.18. The number of aryl methyl sites for hydroxylation is 2. The third-order valence-electron chi connectivity index (χ3n) is 5.55. The second-order valence-electron chi connectivity index (χ2n) is 7.93. The van der Waals surface area contributed by atoms with E-state index in [1.54, 1.807) is 18.3 Å². The van der Waals surface area contributed by atoms with Gasteiger partial charge in [0.2, 0.25) is 5.91 Å². The zero-order valence-electron chi connectivity index (χ0n) is 19.1. The van der Waals surface area contributed by atoms with Crippen LogP contribution in [-0.2, 0) is 13.1 Å². The molecule has 0 aliphatic heterocycles. The first-order valence-corrected chi connectivity index (χ1v) is 10.8. The van der Waals surface area contributed by atoms with Gasteiger partial charge in [-0.05, 0) is 45.8 Å². The molecule has 0 atom stereocenters. The van der Waals surface area contributed by atoms with Gasteiger partial charge in [0.25, 0.3) is 0 Å². The molecule has 0 unspecified atom stereocenters. The average Bonchev–Trinajstić information content (AvgIpc) is 3.53. The Kier molecular flexibility index (Phi) is 6.31. The first-order valence-electron chi connectivity index (χ1n) is 10.8. The van der Waals surface area contributed by atoms with E-state index in [0.29, 0.717) is 42.4 Å². The number of nitrogens with two attached hydrogens (primary N) is 1. The molecule has 0 aliphatic rings. The third-order valence-corrected chi connectivity index (χ3v) is 5.55. The number of rotatable bonds is 10. The van der Waals surface area contributed by atoms with Crippen LogP contribution in [0.1, 0.15) is 23.0 Å². The van der Waals surface area contributed by atoms with E-state index in [1.165, 1.54) is 0 Å². The van der Waals surface area contributed by atoms with Gasteiger partial charge in [0.15, 0.2) is 11.6 Å². The molecule has 11 nitrogen and oxygen atoms in total. The summed E-state index contributed by atoms with van der Waals surface area (Å²) in [6.45, 7) is 11.1. The van der Waals surface area contributed by atoms with E-state index in [2.05, 4.69) is 37.0 Å². The van der Waals surface area contributed by atoms with Crippen LogP contribution in [0.5, 0.6) is 0 Å². The summed E-state index contributed by atoms with van der Waals surface area (Å²) in [4.78, 5) is 22.8. The van der Waals surface area contributed by atoms with E-state index in [1.807, 2.05) is 36.3 Å². The van der Waals surface area contributed by atoms with Crippen molar-refractivity contribution >= 4 is 23.5 Å². The largest absolute Gasteiger partial charge is 0.366 e. The molecule has 1 amide bonds. The summed E-state index contributed by atoms with van der Waals surface area (Å²) in [5.74, 6) is 0.554. The van der Waals surface area contributed by atoms with Crippen molar-refractivity contribution < 1.29 is 4.79 Å². The summed E-state index contributed by atoms with van der Waals surface area (Å²) in [6.07, 6.45) is 1.78. The van der Waals surface area contributed by atoms with Crippen LogP contribution in [0.2, 0.25) is 0 Å². The van der Waals surface area contributed by atoms with Crippen LogP contribution in [-0.4, -0.2) is 78.9 Å². The number of amides is 1. The fourth-order valence-electron chi connectivity index (χ4n) is 3.77. The lowest BCUT2D eigenvalue weighted by Crippen LogP contribution is -2.26. The highest BCUT2D eigenvalue weighted by atomic mass is 16.1. The first kappa shape index (κ1) is 22.3. The predicted octanol–water partition coefficient (Wildman–Crippen LogP) is 1.74. The Balaban J connectivity index is 1.72. The molecular formula is C22H28N10O. The number of aliphatic imine (C=N–C) groups is 1. The maximum Gasteiger partial charge on any atom is 0.248 e. The molecule has 172 valence electrons. The maximum absolute atomic E-state index is 12.1. The minimum Gasteiger partial charge on any atom is -0.366 e. The van der Waals surface area contributed by atoms with E-state index in [0.717, 1.165) is 35.4 Å². The van der Waals surface area contributed by atoms with E-state index >= 15 is 0 Å². The van der Waals surface area contributed by atoms with Crippen molar-refractivity contribution in [3.63, 3.8) is 0 Å². The van der Waals surface area contributed by atoms with Crippen LogP contribution in [0, 0.1) is 6.92 Å². The smallest absolute Gasteiger partial charge is 0.248 e. The molecule has 0 saturated carbocycles. The monoisotopic (exact) mass is 448 g/mol. The normalized spacial score (nSPS) is 11.5. The minimum absolute atomic E-state index is 0.379. The Morgan fingerprint density at radius 3 is 2.82 bits per heavy atom. The van der Waals surface area contributed by atoms with Gasteiger partial charge >= 0.3 is 0 Å². The van der Waals surface area contributed by atoms with E-state index in [4.69, 9.17) is 10.7 Å². The summed E-state index contributed by atoms with van der Waals surface area (Å²) in [6, 6.07) is 5.44. The standard InChI is InChI=1S/C22H28N10O/c1-5-31-19(10-14(2)29-31)22-26-21(27-28-22)16-11-15(20(23)33)12-18-17(16)13-25-32(18)9-8-30(4)7-6-24-3/h10-13H,3,5-9H2,1-2,4H3,(H2,23,33)(H,26,27,28). The summed E-state index contributed by atoms with van der Waals surface area (Å²) in [7, 11) is 2.02. The van der Waals surface area contributed by atoms with Crippen molar-refractivity contribution in [3.8, 4) is 22.9 Å². The topological polar surface area (TPSA) is 136 Å². The zero-order chi connectivity index (χ0) is 23.5. The molecule has 0 saturated heterocycles. The Bertz CT molecular complexity index is 1300. The van der Waals surface area contributed by atoms with Gasteiger partial charge in [-0.2, -0.15) is 15.3 Å². The number of benzene rings is 1.